The Morgan fingerprint density at radius 3 is 2.72 bits per heavy atom. The summed E-state index contributed by atoms with van der Waals surface area (Å²) >= 11 is 1.15. The van der Waals surface area contributed by atoms with Gasteiger partial charge in [0.1, 0.15) is 11.3 Å². The molecule has 0 saturated heterocycles. The fourth-order valence-electron chi connectivity index (χ4n) is 2.37. The Bertz CT molecular complexity index is 807. The molecule has 0 bridgehead atoms. The van der Waals surface area contributed by atoms with Crippen molar-refractivity contribution in [3.63, 3.8) is 0 Å². The van der Waals surface area contributed by atoms with Crippen LogP contribution in [-0.4, -0.2) is 37.4 Å². The van der Waals surface area contributed by atoms with Crippen molar-refractivity contribution < 1.29 is 4.79 Å². The Morgan fingerprint density at radius 1 is 1.28 bits per heavy atom. The van der Waals surface area contributed by atoms with E-state index < -0.39 is 0 Å². The Kier molecular flexibility index (Phi) is 5.42. The zero-order valence-corrected chi connectivity index (χ0v) is 14.8. The molecule has 2 aromatic heterocycles. The lowest BCUT2D eigenvalue weighted by Crippen LogP contribution is -2.22. The van der Waals surface area contributed by atoms with Gasteiger partial charge in [0.05, 0.1) is 11.9 Å². The van der Waals surface area contributed by atoms with Gasteiger partial charge in [0, 0.05) is 35.9 Å². The second-order valence-electron chi connectivity index (χ2n) is 5.66. The third-order valence-electron chi connectivity index (χ3n) is 3.94. The smallest absolute Gasteiger partial charge is 0.256 e. The van der Waals surface area contributed by atoms with Gasteiger partial charge in [0.2, 0.25) is 0 Å². The molecule has 1 atom stereocenters. The van der Waals surface area contributed by atoms with Crippen molar-refractivity contribution in [3.05, 3.63) is 65.9 Å². The Labute approximate surface area is 149 Å². The van der Waals surface area contributed by atoms with Gasteiger partial charge in [-0.3, -0.25) is 9.69 Å². The maximum absolute atomic E-state index is 12.2. The van der Waals surface area contributed by atoms with E-state index in [0.29, 0.717) is 10.6 Å². The van der Waals surface area contributed by atoms with E-state index in [1.54, 1.807) is 12.5 Å². The summed E-state index contributed by atoms with van der Waals surface area (Å²) in [4.78, 5) is 22.6. The summed E-state index contributed by atoms with van der Waals surface area (Å²) in [6.45, 7) is 2.86. The largest absolute Gasteiger partial charge is 0.311 e. The number of hydrogen-bond acceptors (Lipinski definition) is 7. The van der Waals surface area contributed by atoms with Gasteiger partial charge in [0.15, 0.2) is 0 Å². The lowest BCUT2D eigenvalue weighted by atomic mass is 10.1. The van der Waals surface area contributed by atoms with E-state index in [4.69, 9.17) is 0 Å². The SMILES string of the molecule is C[C@H](c1ccncn1)N(C)Cc1ccc(C(=O)Nc2cnns2)cc1. The zero-order chi connectivity index (χ0) is 17.6. The van der Waals surface area contributed by atoms with E-state index in [0.717, 1.165) is 29.3 Å². The van der Waals surface area contributed by atoms with Gasteiger partial charge in [-0.25, -0.2) is 9.97 Å². The fourth-order valence-corrected chi connectivity index (χ4v) is 2.78. The number of benzene rings is 1. The van der Waals surface area contributed by atoms with E-state index in [1.807, 2.05) is 37.4 Å². The molecule has 0 radical (unpaired) electrons. The minimum absolute atomic E-state index is 0.166. The fraction of sp³-hybridized carbons (Fsp3) is 0.235. The van der Waals surface area contributed by atoms with Crippen LogP contribution >= 0.6 is 11.5 Å². The summed E-state index contributed by atoms with van der Waals surface area (Å²) < 4.78 is 3.72. The zero-order valence-electron chi connectivity index (χ0n) is 14.0. The molecule has 1 N–H and O–H groups in total. The first-order chi connectivity index (χ1) is 12.1. The highest BCUT2D eigenvalue weighted by Gasteiger charge is 2.13. The maximum atomic E-state index is 12.2. The minimum atomic E-state index is -0.166. The number of rotatable bonds is 6. The van der Waals surface area contributed by atoms with Gasteiger partial charge in [-0.2, -0.15) is 0 Å². The van der Waals surface area contributed by atoms with Crippen LogP contribution in [0.3, 0.4) is 0 Å². The average molecular weight is 354 g/mol. The van der Waals surface area contributed by atoms with Gasteiger partial charge in [0.25, 0.3) is 5.91 Å². The van der Waals surface area contributed by atoms with E-state index in [-0.39, 0.29) is 11.9 Å². The van der Waals surface area contributed by atoms with Crippen LogP contribution in [0.2, 0.25) is 0 Å². The van der Waals surface area contributed by atoms with Gasteiger partial charge in [-0.1, -0.05) is 16.6 Å². The Hall–Kier alpha value is -2.71. The van der Waals surface area contributed by atoms with Gasteiger partial charge in [-0.05, 0) is 37.7 Å². The summed E-state index contributed by atoms with van der Waals surface area (Å²) in [6.07, 6.45) is 4.84. The first-order valence-corrected chi connectivity index (χ1v) is 8.54. The number of carbonyl (C=O) groups is 1. The topological polar surface area (TPSA) is 83.9 Å². The third-order valence-corrected chi connectivity index (χ3v) is 4.52. The van der Waals surface area contributed by atoms with Crippen molar-refractivity contribution in [1.29, 1.82) is 0 Å². The molecule has 0 aliphatic carbocycles. The molecule has 1 aromatic carbocycles. The highest BCUT2D eigenvalue weighted by Crippen LogP contribution is 2.19. The number of hydrogen-bond donors (Lipinski definition) is 1. The molecular weight excluding hydrogens is 336 g/mol. The first kappa shape index (κ1) is 17.1. The van der Waals surface area contributed by atoms with Crippen molar-refractivity contribution >= 4 is 22.4 Å². The molecule has 0 aliphatic heterocycles. The standard InChI is InChI=1S/C17H18N6OS/c1-12(15-7-8-18-11-19-15)23(2)10-13-3-5-14(6-4-13)17(24)21-16-9-20-22-25-16/h3-9,11-12H,10H2,1-2H3,(H,21,24)/t12-/m1/s1. The maximum Gasteiger partial charge on any atom is 0.256 e. The minimum Gasteiger partial charge on any atom is -0.311 e. The quantitative estimate of drug-likeness (QED) is 0.733. The van der Waals surface area contributed by atoms with Crippen molar-refractivity contribution in [3.8, 4) is 0 Å². The molecule has 0 saturated carbocycles. The summed E-state index contributed by atoms with van der Waals surface area (Å²) in [5, 5.41) is 7.10. The van der Waals surface area contributed by atoms with Crippen LogP contribution in [0.25, 0.3) is 0 Å². The van der Waals surface area contributed by atoms with E-state index >= 15 is 0 Å². The summed E-state index contributed by atoms with van der Waals surface area (Å²) in [5.74, 6) is -0.166. The van der Waals surface area contributed by atoms with Crippen LogP contribution in [-0.2, 0) is 6.54 Å². The van der Waals surface area contributed by atoms with Crippen LogP contribution in [0.5, 0.6) is 0 Å². The van der Waals surface area contributed by atoms with E-state index in [9.17, 15) is 4.79 Å². The van der Waals surface area contributed by atoms with Crippen LogP contribution < -0.4 is 5.32 Å². The molecule has 7 nitrogen and oxygen atoms in total. The van der Waals surface area contributed by atoms with Crippen LogP contribution in [0, 0.1) is 0 Å². The van der Waals surface area contributed by atoms with Crippen molar-refractivity contribution in [1.82, 2.24) is 24.5 Å². The number of anilines is 1. The summed E-state index contributed by atoms with van der Waals surface area (Å²) in [5.41, 5.74) is 2.70. The normalized spacial score (nSPS) is 12.1. The van der Waals surface area contributed by atoms with Crippen molar-refractivity contribution in [2.24, 2.45) is 0 Å². The monoisotopic (exact) mass is 354 g/mol. The third kappa shape index (κ3) is 4.43. The molecule has 128 valence electrons. The van der Waals surface area contributed by atoms with Crippen LogP contribution in [0.15, 0.2) is 49.1 Å². The molecule has 25 heavy (non-hydrogen) atoms. The number of carbonyl (C=O) groups excluding carboxylic acids is 1. The molecule has 0 aliphatic rings. The van der Waals surface area contributed by atoms with E-state index in [2.05, 4.69) is 36.7 Å². The van der Waals surface area contributed by atoms with E-state index in [1.165, 1.54) is 6.20 Å². The number of nitrogens with zero attached hydrogens (tertiary/aromatic N) is 5. The highest BCUT2D eigenvalue weighted by molar-refractivity contribution is 7.10. The highest BCUT2D eigenvalue weighted by atomic mass is 32.1. The average Bonchev–Trinajstić information content (AvgIpc) is 3.15. The van der Waals surface area contributed by atoms with Gasteiger partial charge < -0.3 is 5.32 Å². The van der Waals surface area contributed by atoms with Crippen LogP contribution in [0.4, 0.5) is 5.00 Å². The Morgan fingerprint density at radius 2 is 2.08 bits per heavy atom. The summed E-state index contributed by atoms with van der Waals surface area (Å²) in [7, 11) is 2.05. The van der Waals surface area contributed by atoms with Gasteiger partial charge >= 0.3 is 0 Å². The lowest BCUT2D eigenvalue weighted by molar-refractivity contribution is 0.102. The molecule has 3 rings (SSSR count). The molecular formula is C17H18N6OS. The molecule has 1 amide bonds. The van der Waals surface area contributed by atoms with Crippen molar-refractivity contribution in [2.45, 2.75) is 19.5 Å². The first-order valence-electron chi connectivity index (χ1n) is 7.77. The second-order valence-corrected chi connectivity index (χ2v) is 6.44. The molecule has 0 unspecified atom stereocenters. The molecule has 3 aromatic rings. The van der Waals surface area contributed by atoms with Crippen molar-refractivity contribution in [2.75, 3.05) is 12.4 Å². The Balaban J connectivity index is 1.61. The predicted molar refractivity (Wildman–Crippen MR) is 96.2 cm³/mol. The van der Waals surface area contributed by atoms with Gasteiger partial charge in [-0.15, -0.1) is 5.10 Å². The lowest BCUT2D eigenvalue weighted by Gasteiger charge is -2.24. The van der Waals surface area contributed by atoms with Crippen LogP contribution in [0.1, 0.15) is 34.6 Å². The molecule has 0 fully saturated rings. The number of aromatic nitrogens is 4. The predicted octanol–water partition coefficient (Wildman–Crippen LogP) is 2.77. The molecule has 8 heteroatoms. The second kappa shape index (κ2) is 7.91. The summed E-state index contributed by atoms with van der Waals surface area (Å²) in [6, 6.07) is 9.66. The number of nitrogens with one attached hydrogen (secondary N) is 1. The molecule has 2 heterocycles. The molecule has 0 spiro atoms. The number of amides is 1.